The predicted octanol–water partition coefficient (Wildman–Crippen LogP) is 1.07. The van der Waals surface area contributed by atoms with E-state index in [4.69, 9.17) is 9.84 Å². The minimum Gasteiger partial charge on any atom is -0.495 e. The molecule has 1 aliphatic heterocycles. The Hall–Kier alpha value is -1.64. The van der Waals surface area contributed by atoms with Gasteiger partial charge in [0.05, 0.1) is 12.7 Å². The fourth-order valence-electron chi connectivity index (χ4n) is 2.23. The number of nitrogens with one attached hydrogen (secondary N) is 1. The molecule has 8 heteroatoms. The largest absolute Gasteiger partial charge is 0.495 e. The number of methoxy groups -OCH3 is 1. The number of carbonyl (C=O) groups is 1. The third-order valence-corrected chi connectivity index (χ3v) is 4.72. The first kappa shape index (κ1) is 15.7. The number of aromatic carboxylic acids is 1. The van der Waals surface area contributed by atoms with Gasteiger partial charge in [0.15, 0.2) is 0 Å². The van der Waals surface area contributed by atoms with E-state index in [0.29, 0.717) is 13.1 Å². The molecule has 1 heterocycles. The summed E-state index contributed by atoms with van der Waals surface area (Å²) in [4.78, 5) is 13.4. The minimum absolute atomic E-state index is 0.0133. The Kier molecular flexibility index (Phi) is 4.81. The molecule has 21 heavy (non-hydrogen) atoms. The SMILES string of the molecule is COc1cc(C(=O)O)ccc1S(=O)(=O)NN1CCCCC1. The van der Waals surface area contributed by atoms with Crippen molar-refractivity contribution in [1.82, 2.24) is 9.84 Å². The van der Waals surface area contributed by atoms with Crippen LogP contribution < -0.4 is 9.57 Å². The molecule has 2 N–H and O–H groups in total. The van der Waals surface area contributed by atoms with Crippen molar-refractivity contribution >= 4 is 16.0 Å². The zero-order chi connectivity index (χ0) is 15.5. The monoisotopic (exact) mass is 314 g/mol. The second kappa shape index (κ2) is 6.42. The number of rotatable bonds is 5. The maximum atomic E-state index is 12.4. The molecular formula is C13H18N2O5S. The number of hydrazine groups is 1. The van der Waals surface area contributed by atoms with Crippen molar-refractivity contribution in [1.29, 1.82) is 0 Å². The molecule has 1 aromatic carbocycles. The lowest BCUT2D eigenvalue weighted by Gasteiger charge is -2.26. The summed E-state index contributed by atoms with van der Waals surface area (Å²) < 4.78 is 29.8. The highest BCUT2D eigenvalue weighted by Gasteiger charge is 2.24. The van der Waals surface area contributed by atoms with Gasteiger partial charge in [0.25, 0.3) is 10.0 Å². The van der Waals surface area contributed by atoms with Gasteiger partial charge in [0.2, 0.25) is 0 Å². The average Bonchev–Trinajstić information content (AvgIpc) is 2.47. The number of nitrogens with zero attached hydrogens (tertiary/aromatic N) is 1. The van der Waals surface area contributed by atoms with Crippen molar-refractivity contribution in [2.45, 2.75) is 24.2 Å². The van der Waals surface area contributed by atoms with Crippen molar-refractivity contribution < 1.29 is 23.1 Å². The first-order valence-corrected chi connectivity index (χ1v) is 8.11. The highest BCUT2D eigenvalue weighted by atomic mass is 32.2. The predicted molar refractivity (Wildman–Crippen MR) is 75.7 cm³/mol. The van der Waals surface area contributed by atoms with Crippen LogP contribution in [0.3, 0.4) is 0 Å². The van der Waals surface area contributed by atoms with Crippen molar-refractivity contribution in [3.05, 3.63) is 23.8 Å². The van der Waals surface area contributed by atoms with E-state index in [1.165, 1.54) is 25.3 Å². The maximum absolute atomic E-state index is 12.4. The Bertz CT molecular complexity index is 623. The average molecular weight is 314 g/mol. The molecule has 7 nitrogen and oxygen atoms in total. The Morgan fingerprint density at radius 2 is 1.95 bits per heavy atom. The smallest absolute Gasteiger partial charge is 0.335 e. The third kappa shape index (κ3) is 3.72. The molecule has 0 spiro atoms. The topological polar surface area (TPSA) is 95.9 Å². The molecule has 1 aromatic rings. The molecule has 1 fully saturated rings. The number of hydrogen-bond acceptors (Lipinski definition) is 5. The number of piperidine rings is 1. The van der Waals surface area contributed by atoms with Crippen LogP contribution in [0.1, 0.15) is 29.6 Å². The van der Waals surface area contributed by atoms with Crippen LogP contribution in [0.4, 0.5) is 0 Å². The van der Waals surface area contributed by atoms with Gasteiger partial charge in [0, 0.05) is 13.1 Å². The lowest BCUT2D eigenvalue weighted by molar-refractivity contribution is 0.0696. The molecule has 1 aliphatic rings. The van der Waals surface area contributed by atoms with E-state index in [1.807, 2.05) is 0 Å². The van der Waals surface area contributed by atoms with E-state index in [2.05, 4.69) is 4.83 Å². The van der Waals surface area contributed by atoms with Crippen LogP contribution in [0.15, 0.2) is 23.1 Å². The number of sulfonamides is 1. The second-order valence-corrected chi connectivity index (χ2v) is 6.44. The zero-order valence-corrected chi connectivity index (χ0v) is 12.5. The fourth-order valence-corrected chi connectivity index (χ4v) is 3.50. The minimum atomic E-state index is -3.79. The van der Waals surface area contributed by atoms with Crippen molar-refractivity contribution in [3.8, 4) is 5.75 Å². The van der Waals surface area contributed by atoms with Crippen LogP contribution in [0.2, 0.25) is 0 Å². The highest BCUT2D eigenvalue weighted by molar-refractivity contribution is 7.89. The number of carboxylic acid groups (broad SMARTS) is 1. The fraction of sp³-hybridized carbons (Fsp3) is 0.462. The summed E-state index contributed by atoms with van der Waals surface area (Å²) in [6.45, 7) is 1.32. The normalized spacial score (nSPS) is 16.6. The second-order valence-electron chi connectivity index (χ2n) is 4.81. The molecule has 0 aromatic heterocycles. The summed E-state index contributed by atoms with van der Waals surface area (Å²) in [7, 11) is -2.48. The van der Waals surface area contributed by atoms with Crippen LogP contribution in [0, 0.1) is 0 Å². The molecule has 0 saturated carbocycles. The van der Waals surface area contributed by atoms with Crippen molar-refractivity contribution in [2.24, 2.45) is 0 Å². The molecule has 1 saturated heterocycles. The van der Waals surface area contributed by atoms with Gasteiger partial charge in [-0.3, -0.25) is 0 Å². The van der Waals surface area contributed by atoms with E-state index < -0.39 is 16.0 Å². The first-order valence-electron chi connectivity index (χ1n) is 6.63. The van der Waals surface area contributed by atoms with Gasteiger partial charge in [-0.1, -0.05) is 6.42 Å². The number of ether oxygens (including phenoxy) is 1. The van der Waals surface area contributed by atoms with E-state index in [9.17, 15) is 13.2 Å². The van der Waals surface area contributed by atoms with Gasteiger partial charge < -0.3 is 9.84 Å². The van der Waals surface area contributed by atoms with E-state index in [0.717, 1.165) is 19.3 Å². The summed E-state index contributed by atoms with van der Waals surface area (Å²) in [6.07, 6.45) is 2.98. The van der Waals surface area contributed by atoms with Crippen molar-refractivity contribution in [3.63, 3.8) is 0 Å². The van der Waals surface area contributed by atoms with Crippen LogP contribution in [-0.2, 0) is 10.0 Å². The summed E-state index contributed by atoms with van der Waals surface area (Å²) >= 11 is 0. The zero-order valence-electron chi connectivity index (χ0n) is 11.7. The van der Waals surface area contributed by atoms with E-state index in [-0.39, 0.29) is 16.2 Å². The lowest BCUT2D eigenvalue weighted by Crippen LogP contribution is -2.44. The molecule has 0 radical (unpaired) electrons. The van der Waals surface area contributed by atoms with E-state index in [1.54, 1.807) is 5.01 Å². The summed E-state index contributed by atoms with van der Waals surface area (Å²) in [5, 5.41) is 10.6. The highest BCUT2D eigenvalue weighted by Crippen LogP contribution is 2.25. The van der Waals surface area contributed by atoms with Crippen LogP contribution in [0.25, 0.3) is 0 Å². The molecular weight excluding hydrogens is 296 g/mol. The van der Waals surface area contributed by atoms with E-state index >= 15 is 0 Å². The maximum Gasteiger partial charge on any atom is 0.335 e. The molecule has 0 unspecified atom stereocenters. The van der Waals surface area contributed by atoms with Gasteiger partial charge in [-0.2, -0.15) is 0 Å². The number of benzene rings is 1. The van der Waals surface area contributed by atoms with Gasteiger partial charge >= 0.3 is 5.97 Å². The van der Waals surface area contributed by atoms with Gasteiger partial charge in [0.1, 0.15) is 10.6 Å². The number of carboxylic acids is 1. The third-order valence-electron chi connectivity index (χ3n) is 3.31. The van der Waals surface area contributed by atoms with Crippen LogP contribution >= 0.6 is 0 Å². The van der Waals surface area contributed by atoms with Gasteiger partial charge in [-0.05, 0) is 31.0 Å². The van der Waals surface area contributed by atoms with Crippen molar-refractivity contribution in [2.75, 3.05) is 20.2 Å². The molecule has 0 bridgehead atoms. The first-order chi connectivity index (χ1) is 9.94. The summed E-state index contributed by atoms with van der Waals surface area (Å²) in [6, 6.07) is 3.69. The quantitative estimate of drug-likeness (QED) is 0.844. The lowest BCUT2D eigenvalue weighted by atomic mass is 10.2. The summed E-state index contributed by atoms with van der Waals surface area (Å²) in [5.74, 6) is -1.12. The number of hydrogen-bond donors (Lipinski definition) is 2. The Morgan fingerprint density at radius 1 is 1.29 bits per heavy atom. The Balaban J connectivity index is 2.28. The molecule has 0 amide bonds. The Morgan fingerprint density at radius 3 is 2.52 bits per heavy atom. The standard InChI is InChI=1S/C13H18N2O5S/c1-20-11-9-10(13(16)17)5-6-12(11)21(18,19)14-15-7-3-2-4-8-15/h5-6,9,14H,2-4,7-8H2,1H3,(H,16,17). The molecule has 116 valence electrons. The van der Waals surface area contributed by atoms with Gasteiger partial charge in [-0.15, -0.1) is 4.83 Å². The molecule has 2 rings (SSSR count). The Labute approximate surface area is 123 Å². The summed E-state index contributed by atoms with van der Waals surface area (Å²) in [5.41, 5.74) is -0.0243. The van der Waals surface area contributed by atoms with Crippen LogP contribution in [-0.4, -0.2) is 44.7 Å². The van der Waals surface area contributed by atoms with Gasteiger partial charge in [-0.25, -0.2) is 18.2 Å². The van der Waals surface area contributed by atoms with Crippen LogP contribution in [0.5, 0.6) is 5.75 Å². The molecule has 0 atom stereocenters. The molecule has 0 aliphatic carbocycles.